The Morgan fingerprint density at radius 2 is 2.00 bits per heavy atom. The lowest BCUT2D eigenvalue weighted by Gasteiger charge is -2.15. The van der Waals surface area contributed by atoms with E-state index in [0.717, 1.165) is 25.0 Å². The molecule has 1 aliphatic heterocycles. The van der Waals surface area contributed by atoms with Gasteiger partial charge in [0.05, 0.1) is 5.88 Å². The molecule has 0 amide bonds. The zero-order chi connectivity index (χ0) is 10.5. The number of ether oxygens (including phenoxy) is 2. The summed E-state index contributed by atoms with van der Waals surface area (Å²) in [7, 11) is 0. The zero-order valence-electron chi connectivity index (χ0n) is 8.41. The molecule has 0 spiro atoms. The van der Waals surface area contributed by atoms with Crippen molar-refractivity contribution in [2.45, 2.75) is 19.3 Å². The summed E-state index contributed by atoms with van der Waals surface area (Å²) in [4.78, 5) is 0. The third-order valence-electron chi connectivity index (χ3n) is 2.32. The molecular weight excluding hydrogens is 212 g/mol. The molecule has 0 aromatic rings. The lowest BCUT2D eigenvalue weighted by Crippen LogP contribution is -2.01. The Labute approximate surface area is 94.5 Å². The molecule has 0 radical (unpaired) electrons. The molecule has 2 aliphatic rings. The first-order valence-electron chi connectivity index (χ1n) is 5.00. The average molecular weight is 225 g/mol. The van der Waals surface area contributed by atoms with Gasteiger partial charge in [0.2, 0.25) is 0 Å². The molecular formula is C12H13ClO2. The molecule has 1 aliphatic carbocycles. The number of allylic oxidation sites excluding steroid dienone is 5. The first-order chi connectivity index (χ1) is 7.38. The maximum Gasteiger partial charge on any atom is 0.153 e. The van der Waals surface area contributed by atoms with Crippen molar-refractivity contribution in [3.63, 3.8) is 0 Å². The first kappa shape index (κ1) is 10.4. The van der Waals surface area contributed by atoms with Crippen LogP contribution in [0.5, 0.6) is 0 Å². The maximum absolute atomic E-state index is 5.60. The largest absolute Gasteiger partial charge is 0.462 e. The van der Waals surface area contributed by atoms with Gasteiger partial charge in [-0.1, -0.05) is 23.8 Å². The van der Waals surface area contributed by atoms with Gasteiger partial charge in [-0.2, -0.15) is 0 Å². The summed E-state index contributed by atoms with van der Waals surface area (Å²) in [6.45, 7) is 0. The minimum atomic E-state index is 0.342. The van der Waals surface area contributed by atoms with E-state index in [1.54, 1.807) is 12.5 Å². The molecule has 80 valence electrons. The van der Waals surface area contributed by atoms with Gasteiger partial charge in [0.15, 0.2) is 5.76 Å². The smallest absolute Gasteiger partial charge is 0.153 e. The van der Waals surface area contributed by atoms with Crippen molar-refractivity contribution >= 4 is 11.6 Å². The van der Waals surface area contributed by atoms with Gasteiger partial charge in [0.1, 0.15) is 18.3 Å². The molecule has 0 bridgehead atoms. The van der Waals surface area contributed by atoms with Crippen LogP contribution in [0.2, 0.25) is 0 Å². The molecule has 0 aromatic carbocycles. The van der Waals surface area contributed by atoms with Crippen LogP contribution in [0, 0.1) is 0 Å². The van der Waals surface area contributed by atoms with Crippen molar-refractivity contribution in [3.8, 4) is 0 Å². The van der Waals surface area contributed by atoms with Crippen LogP contribution in [0.25, 0.3) is 0 Å². The lowest BCUT2D eigenvalue weighted by molar-refractivity contribution is 0.226. The topological polar surface area (TPSA) is 18.5 Å². The van der Waals surface area contributed by atoms with E-state index >= 15 is 0 Å². The van der Waals surface area contributed by atoms with E-state index < -0.39 is 0 Å². The predicted octanol–water partition coefficient (Wildman–Crippen LogP) is 3.62. The molecule has 1 heterocycles. The number of alkyl halides is 1. The summed E-state index contributed by atoms with van der Waals surface area (Å²) in [6.07, 6.45) is 12.6. The van der Waals surface area contributed by atoms with Crippen LogP contribution in [-0.2, 0) is 9.47 Å². The summed E-state index contributed by atoms with van der Waals surface area (Å²) in [6, 6.07) is 0. The fraction of sp³-hybridized carbons (Fsp3) is 0.333. The standard InChI is InChI=1S/C12H13ClO2/c13-7-12-9-14-11(8-15-12)6-10-4-2-1-3-5-10/h1-2,4,8-9H,3,5-7H2. The monoisotopic (exact) mass is 224 g/mol. The van der Waals surface area contributed by atoms with E-state index in [9.17, 15) is 0 Å². The predicted molar refractivity (Wildman–Crippen MR) is 60.1 cm³/mol. The van der Waals surface area contributed by atoms with Crippen molar-refractivity contribution in [2.75, 3.05) is 5.88 Å². The van der Waals surface area contributed by atoms with Crippen LogP contribution in [0.4, 0.5) is 0 Å². The average Bonchev–Trinajstić information content (AvgIpc) is 2.31. The van der Waals surface area contributed by atoms with E-state index in [1.807, 2.05) is 0 Å². The van der Waals surface area contributed by atoms with Gasteiger partial charge in [0, 0.05) is 6.42 Å². The summed E-state index contributed by atoms with van der Waals surface area (Å²) in [5.74, 6) is 1.83. The number of rotatable bonds is 3. The number of halogens is 1. The molecule has 2 rings (SSSR count). The molecule has 0 unspecified atom stereocenters. The third kappa shape index (κ3) is 2.90. The van der Waals surface area contributed by atoms with Crippen LogP contribution >= 0.6 is 11.6 Å². The Bertz CT molecular complexity index is 351. The molecule has 3 heteroatoms. The second kappa shape index (κ2) is 5.08. The van der Waals surface area contributed by atoms with Crippen molar-refractivity contribution in [3.05, 3.63) is 47.8 Å². The molecule has 0 saturated heterocycles. The third-order valence-corrected chi connectivity index (χ3v) is 2.58. The van der Waals surface area contributed by atoms with Crippen LogP contribution in [0.1, 0.15) is 19.3 Å². The minimum absolute atomic E-state index is 0.342. The van der Waals surface area contributed by atoms with E-state index in [-0.39, 0.29) is 0 Å². The zero-order valence-corrected chi connectivity index (χ0v) is 9.17. The second-order valence-corrected chi connectivity index (χ2v) is 3.77. The highest BCUT2D eigenvalue weighted by Crippen LogP contribution is 2.23. The van der Waals surface area contributed by atoms with Crippen molar-refractivity contribution in [2.24, 2.45) is 0 Å². The minimum Gasteiger partial charge on any atom is -0.462 e. The Morgan fingerprint density at radius 1 is 1.20 bits per heavy atom. The van der Waals surface area contributed by atoms with Gasteiger partial charge < -0.3 is 9.47 Å². The number of hydrogen-bond acceptors (Lipinski definition) is 2. The van der Waals surface area contributed by atoms with Crippen molar-refractivity contribution in [1.82, 2.24) is 0 Å². The summed E-state index contributed by atoms with van der Waals surface area (Å²) < 4.78 is 10.7. The van der Waals surface area contributed by atoms with E-state index in [0.29, 0.717) is 11.6 Å². The fourth-order valence-corrected chi connectivity index (χ4v) is 1.63. The Morgan fingerprint density at radius 3 is 2.60 bits per heavy atom. The summed E-state index contributed by atoms with van der Waals surface area (Å²) >= 11 is 5.60. The van der Waals surface area contributed by atoms with E-state index in [1.165, 1.54) is 5.57 Å². The van der Waals surface area contributed by atoms with Gasteiger partial charge in [-0.15, -0.1) is 11.6 Å². The van der Waals surface area contributed by atoms with E-state index in [2.05, 4.69) is 18.2 Å². The van der Waals surface area contributed by atoms with Gasteiger partial charge in [-0.3, -0.25) is 0 Å². The molecule has 15 heavy (non-hydrogen) atoms. The highest BCUT2D eigenvalue weighted by molar-refractivity contribution is 6.19. The summed E-state index contributed by atoms with van der Waals surface area (Å²) in [5, 5.41) is 0. The Kier molecular flexibility index (Phi) is 3.51. The SMILES string of the molecule is ClCC1=COC(CC2=CC=CCC2)=CO1. The molecule has 0 aromatic heterocycles. The number of hydrogen-bond donors (Lipinski definition) is 0. The second-order valence-electron chi connectivity index (χ2n) is 3.51. The van der Waals surface area contributed by atoms with Crippen LogP contribution in [0.15, 0.2) is 47.8 Å². The van der Waals surface area contributed by atoms with Crippen LogP contribution < -0.4 is 0 Å². The van der Waals surface area contributed by atoms with Crippen molar-refractivity contribution in [1.29, 1.82) is 0 Å². The van der Waals surface area contributed by atoms with Gasteiger partial charge in [-0.05, 0) is 12.8 Å². The fourth-order valence-electron chi connectivity index (χ4n) is 1.51. The highest BCUT2D eigenvalue weighted by Gasteiger charge is 2.10. The van der Waals surface area contributed by atoms with Crippen molar-refractivity contribution < 1.29 is 9.47 Å². The Balaban J connectivity index is 1.89. The van der Waals surface area contributed by atoms with E-state index in [4.69, 9.17) is 21.1 Å². The Hall–Kier alpha value is -1.15. The summed E-state index contributed by atoms with van der Waals surface area (Å²) in [5.41, 5.74) is 1.37. The highest BCUT2D eigenvalue weighted by atomic mass is 35.5. The van der Waals surface area contributed by atoms with Gasteiger partial charge in [0.25, 0.3) is 0 Å². The van der Waals surface area contributed by atoms with Gasteiger partial charge in [-0.25, -0.2) is 0 Å². The van der Waals surface area contributed by atoms with Crippen LogP contribution in [-0.4, -0.2) is 5.88 Å². The molecule has 0 fully saturated rings. The van der Waals surface area contributed by atoms with Gasteiger partial charge >= 0.3 is 0 Å². The molecule has 0 N–H and O–H groups in total. The normalized spacial score (nSPS) is 19.7. The first-order valence-corrected chi connectivity index (χ1v) is 5.54. The van der Waals surface area contributed by atoms with Crippen LogP contribution in [0.3, 0.4) is 0 Å². The quantitative estimate of drug-likeness (QED) is 0.682. The molecule has 0 saturated carbocycles. The maximum atomic E-state index is 5.60. The lowest BCUT2D eigenvalue weighted by atomic mass is 10.0. The molecule has 0 atom stereocenters. The molecule has 2 nitrogen and oxygen atoms in total.